The Hall–Kier alpha value is -1.71. The molecular formula is C13H16N2O2. The van der Waals surface area contributed by atoms with Gasteiger partial charge in [0, 0.05) is 11.3 Å². The maximum atomic E-state index is 11.6. The number of methoxy groups -OCH3 is 1. The van der Waals surface area contributed by atoms with Crippen molar-refractivity contribution in [3.63, 3.8) is 0 Å². The zero-order valence-corrected chi connectivity index (χ0v) is 9.82. The van der Waals surface area contributed by atoms with Crippen LogP contribution in [0.5, 0.6) is 5.75 Å². The number of benzene rings is 1. The number of hydrogen-bond acceptors (Lipinski definition) is 2. The molecule has 2 N–H and O–H groups in total. The maximum Gasteiger partial charge on any atom is 0.319 e. The van der Waals surface area contributed by atoms with Crippen LogP contribution in [0.25, 0.3) is 0 Å². The van der Waals surface area contributed by atoms with E-state index in [1.54, 1.807) is 7.11 Å². The molecule has 1 saturated carbocycles. The summed E-state index contributed by atoms with van der Waals surface area (Å²) in [5.74, 6) is 1.41. The second-order valence-electron chi connectivity index (χ2n) is 4.72. The Labute approximate surface area is 100 Å². The van der Waals surface area contributed by atoms with Crippen molar-refractivity contribution >= 4 is 11.7 Å². The smallest absolute Gasteiger partial charge is 0.319 e. The minimum Gasteiger partial charge on any atom is -0.497 e. The summed E-state index contributed by atoms with van der Waals surface area (Å²) in [6, 6.07) is 5.85. The van der Waals surface area contributed by atoms with Crippen molar-refractivity contribution in [3.05, 3.63) is 23.8 Å². The van der Waals surface area contributed by atoms with Gasteiger partial charge in [-0.3, -0.25) is 0 Å². The van der Waals surface area contributed by atoms with E-state index < -0.39 is 0 Å². The highest BCUT2D eigenvalue weighted by atomic mass is 16.5. The first-order chi connectivity index (χ1) is 8.28. The van der Waals surface area contributed by atoms with Gasteiger partial charge in [-0.05, 0) is 37.0 Å². The molecule has 3 rings (SSSR count). The Kier molecular flexibility index (Phi) is 2.42. The first-order valence-electron chi connectivity index (χ1n) is 6.03. The lowest BCUT2D eigenvalue weighted by molar-refractivity contribution is 0.213. The molecule has 1 aliphatic carbocycles. The number of ether oxygens (including phenoxy) is 1. The molecule has 4 heteroatoms. The Bertz CT molecular complexity index is 455. The number of urea groups is 1. The van der Waals surface area contributed by atoms with Gasteiger partial charge in [0.15, 0.2) is 0 Å². The summed E-state index contributed by atoms with van der Waals surface area (Å²) in [5, 5.41) is 5.86. The van der Waals surface area contributed by atoms with Crippen molar-refractivity contribution in [2.45, 2.75) is 25.3 Å². The zero-order valence-electron chi connectivity index (χ0n) is 9.82. The van der Waals surface area contributed by atoms with Crippen molar-refractivity contribution in [2.75, 3.05) is 12.4 Å². The van der Waals surface area contributed by atoms with Gasteiger partial charge in [0.05, 0.1) is 13.2 Å². The SMILES string of the molecule is COc1ccc2c(c1)C(C1CCC1)NC(=O)N2. The second kappa shape index (κ2) is 3.95. The number of nitrogens with one attached hydrogen (secondary N) is 2. The van der Waals surface area contributed by atoms with Crippen molar-refractivity contribution in [1.82, 2.24) is 5.32 Å². The van der Waals surface area contributed by atoms with Crippen LogP contribution in [0.1, 0.15) is 30.9 Å². The van der Waals surface area contributed by atoms with Crippen LogP contribution in [0.2, 0.25) is 0 Å². The minimum atomic E-state index is -0.0976. The lowest BCUT2D eigenvalue weighted by Crippen LogP contribution is -2.42. The van der Waals surface area contributed by atoms with Crippen LogP contribution in [0.3, 0.4) is 0 Å². The van der Waals surface area contributed by atoms with Crippen LogP contribution in [0, 0.1) is 5.92 Å². The molecule has 0 aromatic heterocycles. The summed E-state index contributed by atoms with van der Waals surface area (Å²) in [4.78, 5) is 11.6. The third kappa shape index (κ3) is 1.73. The number of anilines is 1. The van der Waals surface area contributed by atoms with Gasteiger partial charge in [0.25, 0.3) is 0 Å². The van der Waals surface area contributed by atoms with Crippen LogP contribution < -0.4 is 15.4 Å². The maximum absolute atomic E-state index is 11.6. The fourth-order valence-electron chi connectivity index (χ4n) is 2.56. The fourth-order valence-corrected chi connectivity index (χ4v) is 2.56. The number of carbonyl (C=O) groups is 1. The van der Waals surface area contributed by atoms with Gasteiger partial charge >= 0.3 is 6.03 Å². The van der Waals surface area contributed by atoms with E-state index >= 15 is 0 Å². The molecule has 90 valence electrons. The van der Waals surface area contributed by atoms with E-state index in [-0.39, 0.29) is 12.1 Å². The van der Waals surface area contributed by atoms with E-state index in [9.17, 15) is 4.79 Å². The van der Waals surface area contributed by atoms with Gasteiger partial charge in [-0.25, -0.2) is 4.79 Å². The highest BCUT2D eigenvalue weighted by molar-refractivity contribution is 5.93. The molecule has 0 saturated heterocycles. The van der Waals surface area contributed by atoms with E-state index in [1.807, 2.05) is 18.2 Å². The lowest BCUT2D eigenvalue weighted by atomic mass is 9.76. The normalized spacial score (nSPS) is 23.1. The highest BCUT2D eigenvalue weighted by Gasteiger charge is 2.34. The molecule has 1 aliphatic heterocycles. The predicted octanol–water partition coefficient (Wildman–Crippen LogP) is 2.67. The minimum absolute atomic E-state index is 0.0976. The van der Waals surface area contributed by atoms with Crippen molar-refractivity contribution in [2.24, 2.45) is 5.92 Å². The monoisotopic (exact) mass is 232 g/mol. The van der Waals surface area contributed by atoms with E-state index in [0.717, 1.165) is 17.0 Å². The average molecular weight is 232 g/mol. The third-order valence-electron chi connectivity index (χ3n) is 3.75. The third-order valence-corrected chi connectivity index (χ3v) is 3.75. The van der Waals surface area contributed by atoms with Gasteiger partial charge in [0.1, 0.15) is 5.75 Å². The summed E-state index contributed by atoms with van der Waals surface area (Å²) in [7, 11) is 1.66. The first-order valence-corrected chi connectivity index (χ1v) is 6.03. The molecule has 2 aliphatic rings. The Morgan fingerprint density at radius 3 is 2.82 bits per heavy atom. The quantitative estimate of drug-likeness (QED) is 0.823. The highest BCUT2D eigenvalue weighted by Crippen LogP contribution is 2.42. The Balaban J connectivity index is 1.99. The predicted molar refractivity (Wildman–Crippen MR) is 65.2 cm³/mol. The van der Waals surface area contributed by atoms with Crippen LogP contribution in [-0.4, -0.2) is 13.1 Å². The number of amides is 2. The summed E-state index contributed by atoms with van der Waals surface area (Å²) in [6.45, 7) is 0. The molecule has 0 spiro atoms. The summed E-state index contributed by atoms with van der Waals surface area (Å²) in [6.07, 6.45) is 3.66. The van der Waals surface area contributed by atoms with Crippen LogP contribution in [0.4, 0.5) is 10.5 Å². The van der Waals surface area contributed by atoms with Crippen molar-refractivity contribution in [3.8, 4) is 5.75 Å². The Morgan fingerprint density at radius 2 is 2.18 bits per heavy atom. The van der Waals surface area contributed by atoms with E-state index in [4.69, 9.17) is 4.74 Å². The second-order valence-corrected chi connectivity index (χ2v) is 4.72. The first kappa shape index (κ1) is 10.4. The molecule has 1 aromatic carbocycles. The van der Waals surface area contributed by atoms with Crippen molar-refractivity contribution < 1.29 is 9.53 Å². The standard InChI is InChI=1S/C13H16N2O2/c1-17-9-5-6-11-10(7-9)12(8-3-2-4-8)15-13(16)14-11/h5-8,12H,2-4H2,1H3,(H2,14,15,16). The molecule has 2 amide bonds. The lowest BCUT2D eigenvalue weighted by Gasteiger charge is -2.38. The van der Waals surface area contributed by atoms with Crippen molar-refractivity contribution in [1.29, 1.82) is 0 Å². The molecule has 0 radical (unpaired) electrons. The van der Waals surface area contributed by atoms with Gasteiger partial charge in [-0.2, -0.15) is 0 Å². The van der Waals surface area contributed by atoms with Gasteiger partial charge < -0.3 is 15.4 Å². The van der Waals surface area contributed by atoms with Crippen LogP contribution in [0.15, 0.2) is 18.2 Å². The summed E-state index contributed by atoms with van der Waals surface area (Å²) >= 11 is 0. The molecule has 1 aromatic rings. The molecule has 1 heterocycles. The molecular weight excluding hydrogens is 216 g/mol. The number of fused-ring (bicyclic) bond motifs is 1. The van der Waals surface area contributed by atoms with E-state index in [0.29, 0.717) is 5.92 Å². The van der Waals surface area contributed by atoms with E-state index in [2.05, 4.69) is 10.6 Å². The average Bonchev–Trinajstić information content (AvgIpc) is 2.26. The van der Waals surface area contributed by atoms with Crippen LogP contribution >= 0.6 is 0 Å². The Morgan fingerprint density at radius 1 is 1.35 bits per heavy atom. The molecule has 17 heavy (non-hydrogen) atoms. The topological polar surface area (TPSA) is 50.4 Å². The molecule has 0 bridgehead atoms. The zero-order chi connectivity index (χ0) is 11.8. The van der Waals surface area contributed by atoms with Gasteiger partial charge in [-0.15, -0.1) is 0 Å². The summed E-state index contributed by atoms with van der Waals surface area (Å²) < 4.78 is 5.25. The van der Waals surface area contributed by atoms with Crippen LogP contribution in [-0.2, 0) is 0 Å². The number of carbonyl (C=O) groups excluding carboxylic acids is 1. The largest absolute Gasteiger partial charge is 0.497 e. The van der Waals surface area contributed by atoms with Gasteiger partial charge in [-0.1, -0.05) is 6.42 Å². The number of hydrogen-bond donors (Lipinski definition) is 2. The summed E-state index contributed by atoms with van der Waals surface area (Å²) in [5.41, 5.74) is 2.06. The molecule has 4 nitrogen and oxygen atoms in total. The molecule has 1 fully saturated rings. The van der Waals surface area contributed by atoms with E-state index in [1.165, 1.54) is 19.3 Å². The molecule has 1 atom stereocenters. The van der Waals surface area contributed by atoms with Gasteiger partial charge in [0.2, 0.25) is 0 Å². The molecule has 1 unspecified atom stereocenters. The fraction of sp³-hybridized carbons (Fsp3) is 0.462. The number of rotatable bonds is 2.